The number of aliphatic hydroxyl groups is 1. The Balaban J connectivity index is 0.00000126. The molecule has 1 aromatic carbocycles. The Bertz CT molecular complexity index is 911. The van der Waals surface area contributed by atoms with Crippen molar-refractivity contribution in [2.75, 3.05) is 18.5 Å². The molecule has 2 aromatic heterocycles. The largest absolute Gasteiger partial charge is 0.394 e. The fraction of sp³-hybridized carbons (Fsp3) is 0.263. The van der Waals surface area contributed by atoms with Crippen molar-refractivity contribution in [3.8, 4) is 0 Å². The van der Waals surface area contributed by atoms with Gasteiger partial charge >= 0.3 is 0 Å². The van der Waals surface area contributed by atoms with Gasteiger partial charge in [0.15, 0.2) is 0 Å². The third-order valence-electron chi connectivity index (χ3n) is 3.58. The fourth-order valence-electron chi connectivity index (χ4n) is 2.39. The highest BCUT2D eigenvalue weighted by molar-refractivity contribution is 6.03. The number of hydrogen-bond donors (Lipinski definition) is 3. The lowest BCUT2D eigenvalue weighted by Crippen LogP contribution is -2.26. The van der Waals surface area contributed by atoms with Crippen molar-refractivity contribution in [2.45, 2.75) is 20.8 Å². The van der Waals surface area contributed by atoms with Gasteiger partial charge < -0.3 is 14.8 Å². The van der Waals surface area contributed by atoms with E-state index in [0.717, 1.165) is 5.56 Å². The average molecular weight is 374 g/mol. The average Bonchev–Trinajstić information content (AvgIpc) is 3.15. The molecular formula is C19H23FN4O3. The molecule has 0 fully saturated rings. The van der Waals surface area contributed by atoms with Gasteiger partial charge in [0.1, 0.15) is 5.82 Å². The van der Waals surface area contributed by atoms with E-state index in [9.17, 15) is 9.18 Å². The number of aryl methyl sites for hydroxylation is 1. The van der Waals surface area contributed by atoms with Crippen LogP contribution in [0.15, 0.2) is 43.0 Å². The number of fused-ring (bicyclic) bond motifs is 1. The van der Waals surface area contributed by atoms with Crippen LogP contribution in [0.3, 0.4) is 0 Å². The van der Waals surface area contributed by atoms with E-state index in [1.54, 1.807) is 48.2 Å². The summed E-state index contributed by atoms with van der Waals surface area (Å²) in [5, 5.41) is 11.7. The third-order valence-corrected chi connectivity index (χ3v) is 3.58. The number of carbonyl (C=O) groups is 1. The molecule has 3 aromatic rings. The third kappa shape index (κ3) is 4.81. The van der Waals surface area contributed by atoms with Gasteiger partial charge in [0.05, 0.1) is 48.2 Å². The Morgan fingerprint density at radius 1 is 1.33 bits per heavy atom. The first-order chi connectivity index (χ1) is 13.1. The predicted molar refractivity (Wildman–Crippen MR) is 101 cm³/mol. The Morgan fingerprint density at radius 3 is 2.81 bits per heavy atom. The molecule has 3 rings (SSSR count). The zero-order valence-corrected chi connectivity index (χ0v) is 15.5. The molecule has 0 saturated heterocycles. The van der Waals surface area contributed by atoms with Crippen LogP contribution in [0.2, 0.25) is 0 Å². The number of amides is 1. The molecule has 2 heterocycles. The number of pyridine rings is 1. The minimum atomic E-state index is -0.521. The van der Waals surface area contributed by atoms with Gasteiger partial charge in [-0.1, -0.05) is 19.9 Å². The van der Waals surface area contributed by atoms with E-state index in [1.165, 1.54) is 6.07 Å². The second-order valence-electron chi connectivity index (χ2n) is 5.40. The molecule has 1 amide bonds. The standard InChI is InChI=1S/C17H17FN4O3.C2H6/c1-11-2-3-14(13(18)8-11)20-16-12(17(24)21-25-7-6-23)4-5-22-10-19-9-15(16)22;1-2/h2-5,8-10,20,23H,6-7H2,1H3,(H,21,24);1-2H3. The number of aliphatic hydroxyl groups excluding tert-OH is 1. The van der Waals surface area contributed by atoms with E-state index in [2.05, 4.69) is 15.8 Å². The summed E-state index contributed by atoms with van der Waals surface area (Å²) in [6.07, 6.45) is 4.82. The topological polar surface area (TPSA) is 87.9 Å². The number of anilines is 2. The fourth-order valence-corrected chi connectivity index (χ4v) is 2.39. The number of imidazole rings is 1. The smallest absolute Gasteiger partial charge is 0.277 e. The van der Waals surface area contributed by atoms with Gasteiger partial charge in [-0.3, -0.25) is 9.63 Å². The van der Waals surface area contributed by atoms with Crippen LogP contribution in [0.4, 0.5) is 15.8 Å². The van der Waals surface area contributed by atoms with Gasteiger partial charge in [-0.25, -0.2) is 14.9 Å². The Morgan fingerprint density at radius 2 is 2.11 bits per heavy atom. The number of halogens is 1. The molecule has 0 aliphatic carbocycles. The van der Waals surface area contributed by atoms with E-state index in [0.29, 0.717) is 11.2 Å². The van der Waals surface area contributed by atoms with Crippen molar-refractivity contribution >= 4 is 22.8 Å². The van der Waals surface area contributed by atoms with Crippen LogP contribution >= 0.6 is 0 Å². The minimum Gasteiger partial charge on any atom is -0.394 e. The Kier molecular flexibility index (Phi) is 7.27. The molecule has 0 bridgehead atoms. The quantitative estimate of drug-likeness (QED) is 0.456. The molecule has 7 nitrogen and oxygen atoms in total. The summed E-state index contributed by atoms with van der Waals surface area (Å²) in [7, 11) is 0. The number of hydroxylamine groups is 1. The molecule has 0 saturated carbocycles. The zero-order valence-electron chi connectivity index (χ0n) is 15.5. The summed E-state index contributed by atoms with van der Waals surface area (Å²) >= 11 is 0. The molecule has 0 aliphatic heterocycles. The maximum atomic E-state index is 14.2. The molecule has 0 unspecified atom stereocenters. The number of nitrogens with one attached hydrogen (secondary N) is 2. The molecule has 3 N–H and O–H groups in total. The summed E-state index contributed by atoms with van der Waals surface area (Å²) in [6, 6.07) is 6.35. The molecule has 0 spiro atoms. The summed E-state index contributed by atoms with van der Waals surface area (Å²) in [6.45, 7) is 5.54. The van der Waals surface area contributed by atoms with Crippen LogP contribution in [-0.4, -0.2) is 33.6 Å². The maximum Gasteiger partial charge on any atom is 0.277 e. The van der Waals surface area contributed by atoms with E-state index in [1.807, 2.05) is 13.8 Å². The van der Waals surface area contributed by atoms with Crippen LogP contribution in [0, 0.1) is 12.7 Å². The molecule has 27 heavy (non-hydrogen) atoms. The summed E-state index contributed by atoms with van der Waals surface area (Å²) in [5.74, 6) is -0.948. The van der Waals surface area contributed by atoms with Gasteiger partial charge in [-0.05, 0) is 30.7 Å². The van der Waals surface area contributed by atoms with Crippen molar-refractivity contribution in [1.82, 2.24) is 14.9 Å². The van der Waals surface area contributed by atoms with E-state index in [-0.39, 0.29) is 24.5 Å². The van der Waals surface area contributed by atoms with Gasteiger partial charge in [0.25, 0.3) is 5.91 Å². The number of benzene rings is 1. The van der Waals surface area contributed by atoms with E-state index in [4.69, 9.17) is 9.94 Å². The van der Waals surface area contributed by atoms with Crippen molar-refractivity contribution in [3.63, 3.8) is 0 Å². The summed E-state index contributed by atoms with van der Waals surface area (Å²) in [4.78, 5) is 21.3. The van der Waals surface area contributed by atoms with Crippen LogP contribution in [-0.2, 0) is 4.84 Å². The molecule has 0 atom stereocenters. The normalized spacial score (nSPS) is 10.3. The number of hydrogen-bond acceptors (Lipinski definition) is 5. The van der Waals surface area contributed by atoms with Crippen molar-refractivity contribution < 1.29 is 19.1 Å². The van der Waals surface area contributed by atoms with Gasteiger partial charge in [0, 0.05) is 6.20 Å². The molecular weight excluding hydrogens is 351 g/mol. The Hall–Kier alpha value is -2.97. The molecule has 8 heteroatoms. The number of rotatable bonds is 6. The first kappa shape index (κ1) is 20.3. The van der Waals surface area contributed by atoms with E-state index >= 15 is 0 Å². The first-order valence-corrected chi connectivity index (χ1v) is 8.61. The van der Waals surface area contributed by atoms with Crippen LogP contribution < -0.4 is 10.8 Å². The highest BCUT2D eigenvalue weighted by atomic mass is 19.1. The summed E-state index contributed by atoms with van der Waals surface area (Å²) in [5.41, 5.74) is 4.54. The highest BCUT2D eigenvalue weighted by Crippen LogP contribution is 2.28. The van der Waals surface area contributed by atoms with Crippen molar-refractivity contribution in [1.29, 1.82) is 0 Å². The van der Waals surface area contributed by atoms with Crippen LogP contribution in [0.5, 0.6) is 0 Å². The Labute approximate surface area is 156 Å². The van der Waals surface area contributed by atoms with Crippen LogP contribution in [0.1, 0.15) is 29.8 Å². The molecule has 144 valence electrons. The predicted octanol–water partition coefficient (Wildman–Crippen LogP) is 3.21. The SMILES string of the molecule is CC.Cc1ccc(Nc2c(C(=O)NOCCO)ccn3cncc23)c(F)c1. The van der Waals surface area contributed by atoms with E-state index < -0.39 is 11.7 Å². The van der Waals surface area contributed by atoms with Crippen molar-refractivity contribution in [2.24, 2.45) is 0 Å². The van der Waals surface area contributed by atoms with Crippen LogP contribution in [0.25, 0.3) is 5.52 Å². The second kappa shape index (κ2) is 9.65. The zero-order chi connectivity index (χ0) is 19.8. The van der Waals surface area contributed by atoms with Gasteiger partial charge in [-0.2, -0.15) is 0 Å². The van der Waals surface area contributed by atoms with Gasteiger partial charge in [0.2, 0.25) is 0 Å². The number of carbonyl (C=O) groups excluding carboxylic acids is 1. The minimum absolute atomic E-state index is 0.0317. The maximum absolute atomic E-state index is 14.2. The first-order valence-electron chi connectivity index (χ1n) is 8.61. The monoisotopic (exact) mass is 374 g/mol. The lowest BCUT2D eigenvalue weighted by atomic mass is 10.1. The lowest BCUT2D eigenvalue weighted by molar-refractivity contribution is 0.0169. The number of aromatic nitrogens is 2. The lowest BCUT2D eigenvalue weighted by Gasteiger charge is -2.14. The van der Waals surface area contributed by atoms with Crippen molar-refractivity contribution in [3.05, 3.63) is 59.9 Å². The summed E-state index contributed by atoms with van der Waals surface area (Å²) < 4.78 is 15.9. The van der Waals surface area contributed by atoms with Gasteiger partial charge in [-0.15, -0.1) is 0 Å². The molecule has 0 radical (unpaired) electrons. The second-order valence-corrected chi connectivity index (χ2v) is 5.40. The number of nitrogens with zero attached hydrogens (tertiary/aromatic N) is 2. The highest BCUT2D eigenvalue weighted by Gasteiger charge is 2.17. The molecule has 0 aliphatic rings.